The molecule has 0 aliphatic carbocycles. The zero-order valence-electron chi connectivity index (χ0n) is 11.2. The highest BCUT2D eigenvalue weighted by Crippen LogP contribution is 2.23. The highest BCUT2D eigenvalue weighted by molar-refractivity contribution is 9.10. The van der Waals surface area contributed by atoms with Crippen LogP contribution in [0.2, 0.25) is 0 Å². The first-order chi connectivity index (χ1) is 9.69. The highest BCUT2D eigenvalue weighted by atomic mass is 79.9. The molecular formula is C15H16BrNO3. The van der Waals surface area contributed by atoms with Crippen molar-refractivity contribution in [2.45, 2.75) is 19.9 Å². The second kappa shape index (κ2) is 7.14. The summed E-state index contributed by atoms with van der Waals surface area (Å²) < 4.78 is 11.7. The van der Waals surface area contributed by atoms with Crippen molar-refractivity contribution in [2.75, 3.05) is 6.61 Å². The van der Waals surface area contributed by atoms with Crippen LogP contribution in [0.3, 0.4) is 0 Å². The van der Waals surface area contributed by atoms with Crippen LogP contribution in [0.1, 0.15) is 18.2 Å². The molecule has 1 heterocycles. The number of ether oxygens (including phenoxy) is 1. The largest absolute Gasteiger partial charge is 0.483 e. The lowest BCUT2D eigenvalue weighted by Crippen LogP contribution is -2.28. The van der Waals surface area contributed by atoms with Crippen molar-refractivity contribution in [2.24, 2.45) is 0 Å². The predicted octanol–water partition coefficient (Wildman–Crippen LogP) is 3.30. The Morgan fingerprint density at radius 1 is 1.40 bits per heavy atom. The maximum absolute atomic E-state index is 11.7. The summed E-state index contributed by atoms with van der Waals surface area (Å²) in [6.07, 6.45) is 2.43. The Morgan fingerprint density at radius 2 is 2.25 bits per heavy atom. The Labute approximate surface area is 126 Å². The smallest absolute Gasteiger partial charge is 0.258 e. The van der Waals surface area contributed by atoms with E-state index in [1.54, 1.807) is 12.3 Å². The number of carbonyl (C=O) groups is 1. The van der Waals surface area contributed by atoms with Gasteiger partial charge in [-0.1, -0.05) is 22.9 Å². The van der Waals surface area contributed by atoms with Gasteiger partial charge in [0, 0.05) is 4.47 Å². The third kappa shape index (κ3) is 4.13. The number of furan rings is 1. The van der Waals surface area contributed by atoms with Gasteiger partial charge in [0.25, 0.3) is 5.91 Å². The molecule has 0 bridgehead atoms. The molecule has 20 heavy (non-hydrogen) atoms. The summed E-state index contributed by atoms with van der Waals surface area (Å²) >= 11 is 3.42. The summed E-state index contributed by atoms with van der Waals surface area (Å²) in [5.74, 6) is 1.28. The van der Waals surface area contributed by atoms with Crippen LogP contribution in [-0.2, 0) is 17.8 Å². The average molecular weight is 338 g/mol. The SMILES string of the molecule is CCc1cc(Br)ccc1OCC(=O)NCc1ccco1. The summed E-state index contributed by atoms with van der Waals surface area (Å²) in [4.78, 5) is 11.7. The standard InChI is InChI=1S/C15H16BrNO3/c1-2-11-8-12(16)5-6-14(11)20-10-15(18)17-9-13-4-3-7-19-13/h3-8H,2,9-10H2,1H3,(H,17,18). The van der Waals surface area contributed by atoms with Crippen LogP contribution in [0.15, 0.2) is 45.5 Å². The zero-order valence-corrected chi connectivity index (χ0v) is 12.8. The molecule has 5 heteroatoms. The first-order valence-corrected chi connectivity index (χ1v) is 7.18. The van der Waals surface area contributed by atoms with Crippen molar-refractivity contribution >= 4 is 21.8 Å². The van der Waals surface area contributed by atoms with E-state index in [9.17, 15) is 4.79 Å². The summed E-state index contributed by atoms with van der Waals surface area (Å²) in [6, 6.07) is 9.35. The van der Waals surface area contributed by atoms with Gasteiger partial charge in [0.15, 0.2) is 6.61 Å². The number of hydrogen-bond donors (Lipinski definition) is 1. The molecule has 0 spiro atoms. The minimum absolute atomic E-state index is 0.00462. The van der Waals surface area contributed by atoms with Gasteiger partial charge in [0.1, 0.15) is 11.5 Å². The van der Waals surface area contributed by atoms with Crippen LogP contribution in [0.25, 0.3) is 0 Å². The van der Waals surface area contributed by atoms with Gasteiger partial charge in [-0.05, 0) is 42.3 Å². The maximum Gasteiger partial charge on any atom is 0.258 e. The molecule has 1 N–H and O–H groups in total. The van der Waals surface area contributed by atoms with E-state index in [4.69, 9.17) is 9.15 Å². The van der Waals surface area contributed by atoms with Crippen molar-refractivity contribution in [3.05, 3.63) is 52.4 Å². The molecule has 0 unspecified atom stereocenters. The van der Waals surface area contributed by atoms with Gasteiger partial charge in [0.2, 0.25) is 0 Å². The number of amides is 1. The van der Waals surface area contributed by atoms with Gasteiger partial charge in [-0.15, -0.1) is 0 Å². The van der Waals surface area contributed by atoms with Crippen molar-refractivity contribution in [3.63, 3.8) is 0 Å². The molecule has 4 nitrogen and oxygen atoms in total. The Kier molecular flexibility index (Phi) is 5.24. The number of hydrogen-bond acceptors (Lipinski definition) is 3. The Morgan fingerprint density at radius 3 is 2.95 bits per heavy atom. The van der Waals surface area contributed by atoms with E-state index < -0.39 is 0 Å². The van der Waals surface area contributed by atoms with Gasteiger partial charge in [-0.25, -0.2) is 0 Å². The van der Waals surface area contributed by atoms with Crippen LogP contribution >= 0.6 is 15.9 Å². The monoisotopic (exact) mass is 337 g/mol. The van der Waals surface area contributed by atoms with Crippen LogP contribution in [0, 0.1) is 0 Å². The first-order valence-electron chi connectivity index (χ1n) is 6.39. The molecule has 2 rings (SSSR count). The van der Waals surface area contributed by atoms with E-state index in [0.29, 0.717) is 6.54 Å². The minimum Gasteiger partial charge on any atom is -0.483 e. The van der Waals surface area contributed by atoms with Gasteiger partial charge < -0.3 is 14.5 Å². The molecule has 0 atom stereocenters. The summed E-state index contributed by atoms with van der Waals surface area (Å²) in [7, 11) is 0. The van der Waals surface area contributed by atoms with E-state index in [2.05, 4.69) is 21.2 Å². The molecule has 106 valence electrons. The summed E-state index contributed by atoms with van der Waals surface area (Å²) in [5.41, 5.74) is 1.07. The molecule has 0 aliphatic rings. The number of rotatable bonds is 6. The lowest BCUT2D eigenvalue weighted by Gasteiger charge is -2.10. The topological polar surface area (TPSA) is 51.5 Å². The molecule has 0 radical (unpaired) electrons. The maximum atomic E-state index is 11.7. The predicted molar refractivity (Wildman–Crippen MR) is 79.6 cm³/mol. The molecule has 0 saturated heterocycles. The Balaban J connectivity index is 1.84. The van der Waals surface area contributed by atoms with Gasteiger partial charge >= 0.3 is 0 Å². The van der Waals surface area contributed by atoms with Gasteiger partial charge in [0.05, 0.1) is 12.8 Å². The quantitative estimate of drug-likeness (QED) is 0.879. The molecule has 1 aromatic carbocycles. The van der Waals surface area contributed by atoms with Crippen LogP contribution in [-0.4, -0.2) is 12.5 Å². The van der Waals surface area contributed by atoms with Crippen LogP contribution in [0.4, 0.5) is 0 Å². The average Bonchev–Trinajstić information content (AvgIpc) is 2.97. The third-order valence-corrected chi connectivity index (χ3v) is 3.30. The van der Waals surface area contributed by atoms with Crippen LogP contribution < -0.4 is 10.1 Å². The third-order valence-electron chi connectivity index (χ3n) is 2.80. The van der Waals surface area contributed by atoms with Crippen molar-refractivity contribution in [3.8, 4) is 5.75 Å². The molecule has 1 aromatic heterocycles. The zero-order chi connectivity index (χ0) is 14.4. The second-order valence-corrected chi connectivity index (χ2v) is 5.17. The Bertz CT molecular complexity index is 567. The van der Waals surface area contributed by atoms with E-state index in [-0.39, 0.29) is 12.5 Å². The summed E-state index contributed by atoms with van der Waals surface area (Å²) in [6.45, 7) is 2.41. The second-order valence-electron chi connectivity index (χ2n) is 4.25. The molecular weight excluding hydrogens is 322 g/mol. The van der Waals surface area contributed by atoms with Crippen LogP contribution in [0.5, 0.6) is 5.75 Å². The van der Waals surface area contributed by atoms with Crippen molar-refractivity contribution in [1.29, 1.82) is 0 Å². The number of benzene rings is 1. The number of aryl methyl sites for hydroxylation is 1. The van der Waals surface area contributed by atoms with E-state index in [1.165, 1.54) is 0 Å². The first kappa shape index (κ1) is 14.7. The van der Waals surface area contributed by atoms with E-state index in [0.717, 1.165) is 28.0 Å². The Hall–Kier alpha value is -1.75. The van der Waals surface area contributed by atoms with E-state index >= 15 is 0 Å². The molecule has 0 saturated carbocycles. The minimum atomic E-state index is -0.175. The summed E-state index contributed by atoms with van der Waals surface area (Å²) in [5, 5.41) is 2.74. The fourth-order valence-electron chi connectivity index (χ4n) is 1.76. The highest BCUT2D eigenvalue weighted by Gasteiger charge is 2.07. The van der Waals surface area contributed by atoms with Crippen molar-refractivity contribution in [1.82, 2.24) is 5.32 Å². The molecule has 0 fully saturated rings. The van der Waals surface area contributed by atoms with Crippen molar-refractivity contribution < 1.29 is 13.9 Å². The number of halogens is 1. The lowest BCUT2D eigenvalue weighted by molar-refractivity contribution is -0.123. The molecule has 1 amide bonds. The number of nitrogens with one attached hydrogen (secondary N) is 1. The fourth-order valence-corrected chi connectivity index (χ4v) is 2.17. The van der Waals surface area contributed by atoms with Gasteiger partial charge in [-0.3, -0.25) is 4.79 Å². The lowest BCUT2D eigenvalue weighted by atomic mass is 10.1. The normalized spacial score (nSPS) is 10.3. The van der Waals surface area contributed by atoms with Gasteiger partial charge in [-0.2, -0.15) is 0 Å². The van der Waals surface area contributed by atoms with E-state index in [1.807, 2.05) is 31.2 Å². The fraction of sp³-hybridized carbons (Fsp3) is 0.267. The molecule has 0 aliphatic heterocycles. The molecule has 2 aromatic rings. The number of carbonyl (C=O) groups excluding carboxylic acids is 1.